The maximum absolute atomic E-state index is 12.5. The van der Waals surface area contributed by atoms with Gasteiger partial charge >= 0.3 is 0 Å². The summed E-state index contributed by atoms with van der Waals surface area (Å²) in [6.07, 6.45) is 1.70. The van der Waals surface area contributed by atoms with Crippen LogP contribution in [0, 0.1) is 6.92 Å². The second-order valence-electron chi connectivity index (χ2n) is 6.56. The van der Waals surface area contributed by atoms with Gasteiger partial charge in [0, 0.05) is 6.61 Å². The van der Waals surface area contributed by atoms with E-state index in [0.717, 1.165) is 24.8 Å². The maximum Gasteiger partial charge on any atom is 0.297 e. The van der Waals surface area contributed by atoms with Gasteiger partial charge in [0.2, 0.25) is 0 Å². The summed E-state index contributed by atoms with van der Waals surface area (Å²) in [6, 6.07) is 12.9. The Bertz CT molecular complexity index is 824. The van der Waals surface area contributed by atoms with Crippen molar-refractivity contribution in [3.8, 4) is 5.75 Å². The van der Waals surface area contributed by atoms with E-state index in [4.69, 9.17) is 13.7 Å². The average Bonchev–Trinajstić information content (AvgIpc) is 2.67. The van der Waals surface area contributed by atoms with E-state index in [1.54, 1.807) is 24.3 Å². The molecule has 2 aromatic carbocycles. The molecule has 0 bridgehead atoms. The van der Waals surface area contributed by atoms with Gasteiger partial charge in [-0.3, -0.25) is 4.18 Å². The van der Waals surface area contributed by atoms with Crippen LogP contribution in [0.1, 0.15) is 36.5 Å². The highest BCUT2D eigenvalue weighted by Gasteiger charge is 2.24. The second kappa shape index (κ2) is 8.84. The highest BCUT2D eigenvalue weighted by atomic mass is 32.2. The number of benzene rings is 2. The molecule has 1 saturated heterocycles. The van der Waals surface area contributed by atoms with E-state index in [9.17, 15) is 13.5 Å². The summed E-state index contributed by atoms with van der Waals surface area (Å²) in [4.78, 5) is 0.103. The molecule has 6 nitrogen and oxygen atoms in total. The Morgan fingerprint density at radius 2 is 1.81 bits per heavy atom. The summed E-state index contributed by atoms with van der Waals surface area (Å²) in [5.74, 6) is 0.125. The van der Waals surface area contributed by atoms with Crippen molar-refractivity contribution in [3.05, 3.63) is 59.7 Å². The summed E-state index contributed by atoms with van der Waals surface area (Å²) in [5, 5.41) is 9.50. The van der Waals surface area contributed by atoms with Crippen LogP contribution in [-0.4, -0.2) is 33.0 Å². The summed E-state index contributed by atoms with van der Waals surface area (Å²) >= 11 is 0. The monoisotopic (exact) mass is 392 g/mol. The van der Waals surface area contributed by atoms with Gasteiger partial charge in [0.05, 0.1) is 11.5 Å². The minimum absolute atomic E-state index is 0.103. The number of aromatic hydroxyl groups is 1. The number of ether oxygens (including phenoxy) is 2. The molecule has 2 aromatic rings. The molecule has 7 heteroatoms. The highest BCUT2D eigenvalue weighted by molar-refractivity contribution is 7.86. The van der Waals surface area contributed by atoms with Crippen LogP contribution in [0.15, 0.2) is 53.4 Å². The van der Waals surface area contributed by atoms with E-state index < -0.39 is 22.5 Å². The Hall–Kier alpha value is -1.93. The number of phenols is 1. The lowest BCUT2D eigenvalue weighted by Crippen LogP contribution is -2.27. The summed E-state index contributed by atoms with van der Waals surface area (Å²) < 4.78 is 41.8. The molecular formula is C20H24O6S. The van der Waals surface area contributed by atoms with Crippen molar-refractivity contribution in [2.24, 2.45) is 0 Å². The smallest absolute Gasteiger partial charge is 0.297 e. The molecule has 146 valence electrons. The topological polar surface area (TPSA) is 82.1 Å². The molecule has 2 unspecified atom stereocenters. The molecule has 0 saturated carbocycles. The lowest BCUT2D eigenvalue weighted by molar-refractivity contribution is -0.195. The van der Waals surface area contributed by atoms with Crippen LogP contribution >= 0.6 is 0 Å². The summed E-state index contributed by atoms with van der Waals surface area (Å²) in [7, 11) is -3.90. The van der Waals surface area contributed by atoms with Crippen molar-refractivity contribution in [2.75, 3.05) is 13.2 Å². The van der Waals surface area contributed by atoms with Gasteiger partial charge in [0.1, 0.15) is 11.9 Å². The number of phenolic OH excluding ortho intramolecular Hbond substituents is 1. The minimum atomic E-state index is -3.90. The van der Waals surface area contributed by atoms with E-state index in [-0.39, 0.29) is 17.3 Å². The van der Waals surface area contributed by atoms with Crippen LogP contribution < -0.4 is 0 Å². The van der Waals surface area contributed by atoms with Crippen molar-refractivity contribution in [3.63, 3.8) is 0 Å². The van der Waals surface area contributed by atoms with Crippen molar-refractivity contribution >= 4 is 10.1 Å². The first-order chi connectivity index (χ1) is 12.9. The number of hydrogen-bond acceptors (Lipinski definition) is 6. The normalized spacial score (nSPS) is 18.9. The van der Waals surface area contributed by atoms with Gasteiger partial charge in [-0.2, -0.15) is 8.42 Å². The van der Waals surface area contributed by atoms with Crippen molar-refractivity contribution in [1.29, 1.82) is 0 Å². The van der Waals surface area contributed by atoms with Gasteiger partial charge in [-0.25, -0.2) is 0 Å². The SMILES string of the molecule is Cc1ccc(S(=O)(=O)OCC(OC2CCCCO2)c2ccc(O)cc2)cc1. The second-order valence-corrected chi connectivity index (χ2v) is 8.18. The number of aryl methyl sites for hydroxylation is 1. The molecule has 1 aliphatic rings. The van der Waals surface area contributed by atoms with Crippen LogP contribution in [0.5, 0.6) is 5.75 Å². The van der Waals surface area contributed by atoms with Gasteiger partial charge < -0.3 is 14.6 Å². The molecule has 0 amide bonds. The molecule has 2 atom stereocenters. The fourth-order valence-electron chi connectivity index (χ4n) is 2.83. The van der Waals surface area contributed by atoms with Crippen molar-refractivity contribution in [1.82, 2.24) is 0 Å². The molecule has 0 radical (unpaired) electrons. The van der Waals surface area contributed by atoms with Gasteiger partial charge in [0.25, 0.3) is 10.1 Å². The van der Waals surface area contributed by atoms with Crippen molar-refractivity contribution in [2.45, 2.75) is 43.5 Å². The third kappa shape index (κ3) is 5.52. The molecule has 3 rings (SSSR count). The lowest BCUT2D eigenvalue weighted by Gasteiger charge is -2.28. The summed E-state index contributed by atoms with van der Waals surface area (Å²) in [6.45, 7) is 2.33. The van der Waals surface area contributed by atoms with Crippen molar-refractivity contribution < 1.29 is 27.2 Å². The lowest BCUT2D eigenvalue weighted by atomic mass is 10.1. The fourth-order valence-corrected chi connectivity index (χ4v) is 3.74. The van der Waals surface area contributed by atoms with Crippen LogP contribution in [0.25, 0.3) is 0 Å². The van der Waals surface area contributed by atoms with Gasteiger partial charge in [-0.05, 0) is 56.0 Å². The molecule has 1 fully saturated rings. The third-order valence-electron chi connectivity index (χ3n) is 4.40. The predicted molar refractivity (Wildman–Crippen MR) is 99.8 cm³/mol. The zero-order chi connectivity index (χ0) is 19.3. The molecule has 0 aromatic heterocycles. The van der Waals surface area contributed by atoms with Gasteiger partial charge in [0.15, 0.2) is 6.29 Å². The first-order valence-electron chi connectivity index (χ1n) is 8.96. The fraction of sp³-hybridized carbons (Fsp3) is 0.400. The molecular weight excluding hydrogens is 368 g/mol. The molecule has 27 heavy (non-hydrogen) atoms. The molecule has 1 heterocycles. The first kappa shape index (κ1) is 19.8. The van der Waals surface area contributed by atoms with E-state index >= 15 is 0 Å². The Morgan fingerprint density at radius 1 is 1.11 bits per heavy atom. The quantitative estimate of drug-likeness (QED) is 0.724. The molecule has 1 aliphatic heterocycles. The number of rotatable bonds is 7. The molecule has 0 aliphatic carbocycles. The van der Waals surface area contributed by atoms with Crippen LogP contribution in [0.4, 0.5) is 0 Å². The minimum Gasteiger partial charge on any atom is -0.508 e. The Kier molecular flexibility index (Phi) is 6.49. The number of hydrogen-bond donors (Lipinski definition) is 1. The molecule has 1 N–H and O–H groups in total. The average molecular weight is 392 g/mol. The standard InChI is InChI=1S/C20H24O6S/c1-15-5-11-18(12-6-15)27(22,23)25-14-19(16-7-9-17(21)10-8-16)26-20-4-2-3-13-24-20/h5-12,19-21H,2-4,13-14H2,1H3. The van der Waals surface area contributed by atoms with Crippen LogP contribution in [0.2, 0.25) is 0 Å². The van der Waals surface area contributed by atoms with Crippen LogP contribution in [0.3, 0.4) is 0 Å². The van der Waals surface area contributed by atoms with E-state index in [0.29, 0.717) is 12.2 Å². The summed E-state index contributed by atoms with van der Waals surface area (Å²) in [5.41, 5.74) is 1.68. The Morgan fingerprint density at radius 3 is 2.44 bits per heavy atom. The maximum atomic E-state index is 12.5. The zero-order valence-electron chi connectivity index (χ0n) is 15.2. The first-order valence-corrected chi connectivity index (χ1v) is 10.4. The zero-order valence-corrected chi connectivity index (χ0v) is 16.0. The van der Waals surface area contributed by atoms with E-state index in [2.05, 4.69) is 0 Å². The van der Waals surface area contributed by atoms with Gasteiger partial charge in [-0.15, -0.1) is 0 Å². The van der Waals surface area contributed by atoms with E-state index in [1.165, 1.54) is 24.3 Å². The third-order valence-corrected chi connectivity index (χ3v) is 5.70. The van der Waals surface area contributed by atoms with Crippen LogP contribution in [-0.2, 0) is 23.8 Å². The Labute approximate surface area is 159 Å². The Balaban J connectivity index is 1.73. The van der Waals surface area contributed by atoms with E-state index in [1.807, 2.05) is 6.92 Å². The molecule has 0 spiro atoms. The highest BCUT2D eigenvalue weighted by Crippen LogP contribution is 2.27. The predicted octanol–water partition coefficient (Wildman–Crippen LogP) is 3.69. The van der Waals surface area contributed by atoms with Gasteiger partial charge in [-0.1, -0.05) is 29.8 Å². The largest absolute Gasteiger partial charge is 0.508 e.